The summed E-state index contributed by atoms with van der Waals surface area (Å²) in [6, 6.07) is 0. The van der Waals surface area contributed by atoms with Gasteiger partial charge in [-0.2, -0.15) is 0 Å². The zero-order valence-electron chi connectivity index (χ0n) is 12.2. The van der Waals surface area contributed by atoms with E-state index in [-0.39, 0.29) is 0 Å². The number of aliphatic imine (C=N–C) groups is 1. The first-order valence-electron chi connectivity index (χ1n) is 6.25. The molecule has 0 aromatic rings. The molecular formula is C15H19NO4. The Labute approximate surface area is 118 Å². The molecule has 1 aliphatic heterocycles. The van der Waals surface area contributed by atoms with E-state index in [1.165, 1.54) is 20.1 Å². The van der Waals surface area contributed by atoms with E-state index in [2.05, 4.69) is 11.6 Å². The van der Waals surface area contributed by atoms with Crippen molar-refractivity contribution in [3.05, 3.63) is 36.1 Å². The normalized spacial score (nSPS) is 20.3. The van der Waals surface area contributed by atoms with E-state index in [1.807, 2.05) is 26.0 Å². The molecule has 108 valence electrons. The number of hydrogen-bond donors (Lipinski definition) is 0. The van der Waals surface area contributed by atoms with Gasteiger partial charge in [-0.05, 0) is 25.5 Å². The molecule has 0 aromatic heterocycles. The van der Waals surface area contributed by atoms with Gasteiger partial charge >= 0.3 is 11.9 Å². The second-order valence-electron chi connectivity index (χ2n) is 4.88. The molecule has 0 spiro atoms. The largest absolute Gasteiger partial charge is 0.422 e. The second kappa shape index (κ2) is 6.32. The lowest BCUT2D eigenvalue weighted by molar-refractivity contribution is -0.235. The molecule has 1 fully saturated rings. The van der Waals surface area contributed by atoms with Crippen LogP contribution in [0.25, 0.3) is 0 Å². The SMILES string of the molecule is C=C(/C=C(C)\C=C/C)N=CC1C(=O)OC(C)(C)OC1=O. The fourth-order valence-electron chi connectivity index (χ4n) is 1.63. The summed E-state index contributed by atoms with van der Waals surface area (Å²) in [6.07, 6.45) is 6.72. The highest BCUT2D eigenvalue weighted by Crippen LogP contribution is 2.22. The maximum Gasteiger partial charge on any atom is 0.329 e. The monoisotopic (exact) mass is 277 g/mol. The van der Waals surface area contributed by atoms with Crippen molar-refractivity contribution >= 4 is 18.2 Å². The van der Waals surface area contributed by atoms with E-state index in [9.17, 15) is 9.59 Å². The Hall–Kier alpha value is -2.17. The molecule has 0 bridgehead atoms. The summed E-state index contributed by atoms with van der Waals surface area (Å²) in [5, 5.41) is 0. The summed E-state index contributed by atoms with van der Waals surface area (Å²) >= 11 is 0. The van der Waals surface area contributed by atoms with Gasteiger partial charge < -0.3 is 9.47 Å². The number of carbonyl (C=O) groups excluding carboxylic acids is 2. The molecule has 5 nitrogen and oxygen atoms in total. The highest BCUT2D eigenvalue weighted by Gasteiger charge is 2.42. The van der Waals surface area contributed by atoms with Crippen LogP contribution in [-0.4, -0.2) is 23.9 Å². The average Bonchev–Trinajstić information content (AvgIpc) is 2.25. The minimum atomic E-state index is -1.22. The van der Waals surface area contributed by atoms with Crippen molar-refractivity contribution in [1.82, 2.24) is 0 Å². The Bertz CT molecular complexity index is 492. The van der Waals surface area contributed by atoms with Gasteiger partial charge in [0.25, 0.3) is 5.79 Å². The fraction of sp³-hybridized carbons (Fsp3) is 0.400. The summed E-state index contributed by atoms with van der Waals surface area (Å²) in [5.74, 6) is -3.71. The summed E-state index contributed by atoms with van der Waals surface area (Å²) in [5.41, 5.74) is 1.40. The van der Waals surface area contributed by atoms with E-state index >= 15 is 0 Å². The van der Waals surface area contributed by atoms with E-state index < -0.39 is 23.6 Å². The highest BCUT2D eigenvalue weighted by molar-refractivity contribution is 6.10. The number of esters is 2. The van der Waals surface area contributed by atoms with Crippen LogP contribution < -0.4 is 0 Å². The van der Waals surface area contributed by atoms with Gasteiger partial charge in [0.05, 0.1) is 5.70 Å². The first-order valence-corrected chi connectivity index (χ1v) is 6.25. The molecule has 0 saturated carbocycles. The molecule has 0 N–H and O–H groups in total. The lowest BCUT2D eigenvalue weighted by Gasteiger charge is -2.31. The van der Waals surface area contributed by atoms with Crippen LogP contribution in [0.3, 0.4) is 0 Å². The zero-order chi connectivity index (χ0) is 15.3. The third-order valence-corrected chi connectivity index (χ3v) is 2.41. The van der Waals surface area contributed by atoms with Crippen molar-refractivity contribution in [3.63, 3.8) is 0 Å². The minimum Gasteiger partial charge on any atom is -0.422 e. The van der Waals surface area contributed by atoms with Crippen LogP contribution in [0.5, 0.6) is 0 Å². The number of rotatable bonds is 4. The second-order valence-corrected chi connectivity index (χ2v) is 4.88. The predicted molar refractivity (Wildman–Crippen MR) is 76.0 cm³/mol. The molecule has 0 radical (unpaired) electrons. The first kappa shape index (κ1) is 15.9. The van der Waals surface area contributed by atoms with Gasteiger partial charge in [0.1, 0.15) is 0 Å². The Morgan fingerprint density at radius 3 is 2.35 bits per heavy atom. The summed E-state index contributed by atoms with van der Waals surface area (Å²) in [6.45, 7) is 10.5. The summed E-state index contributed by atoms with van der Waals surface area (Å²) in [7, 11) is 0. The number of hydrogen-bond acceptors (Lipinski definition) is 5. The topological polar surface area (TPSA) is 65.0 Å². The number of carbonyl (C=O) groups is 2. The fourth-order valence-corrected chi connectivity index (χ4v) is 1.63. The number of allylic oxidation sites excluding steroid dienone is 4. The highest BCUT2D eigenvalue weighted by atomic mass is 16.7. The smallest absolute Gasteiger partial charge is 0.329 e. The molecule has 0 aromatic carbocycles. The molecule has 20 heavy (non-hydrogen) atoms. The van der Waals surface area contributed by atoms with Gasteiger partial charge in [-0.25, -0.2) is 0 Å². The van der Waals surface area contributed by atoms with Crippen molar-refractivity contribution < 1.29 is 19.1 Å². The molecule has 1 heterocycles. The number of nitrogens with zero attached hydrogens (tertiary/aromatic N) is 1. The van der Waals surface area contributed by atoms with Crippen LogP contribution in [0.2, 0.25) is 0 Å². The predicted octanol–water partition coefficient (Wildman–Crippen LogP) is 2.55. The van der Waals surface area contributed by atoms with Crippen molar-refractivity contribution in [2.75, 3.05) is 0 Å². The molecule has 0 unspecified atom stereocenters. The first-order chi connectivity index (χ1) is 9.25. The van der Waals surface area contributed by atoms with Crippen LogP contribution in [0.4, 0.5) is 0 Å². The number of ether oxygens (including phenoxy) is 2. The van der Waals surface area contributed by atoms with Gasteiger partial charge in [0.15, 0.2) is 5.92 Å². The maximum atomic E-state index is 11.7. The summed E-state index contributed by atoms with van der Waals surface area (Å²) < 4.78 is 9.96. The molecule has 1 aliphatic rings. The molecule has 1 rings (SSSR count). The molecule has 5 heteroatoms. The van der Waals surface area contributed by atoms with Gasteiger partial charge in [-0.3, -0.25) is 14.6 Å². The quantitative estimate of drug-likeness (QED) is 0.343. The van der Waals surface area contributed by atoms with E-state index in [1.54, 1.807) is 6.08 Å². The lowest BCUT2D eigenvalue weighted by atomic mass is 10.1. The minimum absolute atomic E-state index is 0.436. The molecule has 0 atom stereocenters. The van der Waals surface area contributed by atoms with Crippen LogP contribution in [0.1, 0.15) is 27.7 Å². The van der Waals surface area contributed by atoms with Crippen molar-refractivity contribution in [2.24, 2.45) is 10.9 Å². The molecule has 1 saturated heterocycles. The average molecular weight is 277 g/mol. The van der Waals surface area contributed by atoms with Crippen molar-refractivity contribution in [1.29, 1.82) is 0 Å². The van der Waals surface area contributed by atoms with Crippen molar-refractivity contribution in [2.45, 2.75) is 33.5 Å². The third-order valence-electron chi connectivity index (χ3n) is 2.41. The Morgan fingerprint density at radius 2 is 1.85 bits per heavy atom. The van der Waals surface area contributed by atoms with Gasteiger partial charge in [-0.1, -0.05) is 18.7 Å². The van der Waals surface area contributed by atoms with E-state index in [4.69, 9.17) is 9.47 Å². The van der Waals surface area contributed by atoms with Crippen LogP contribution in [0.15, 0.2) is 41.1 Å². The van der Waals surface area contributed by atoms with E-state index in [0.717, 1.165) is 5.57 Å². The third kappa shape index (κ3) is 4.50. The molecule has 0 amide bonds. The molecule has 0 aliphatic carbocycles. The Balaban J connectivity index is 2.76. The maximum absolute atomic E-state index is 11.7. The van der Waals surface area contributed by atoms with Gasteiger partial charge in [0.2, 0.25) is 0 Å². The molecular weight excluding hydrogens is 258 g/mol. The summed E-state index contributed by atoms with van der Waals surface area (Å²) in [4.78, 5) is 27.4. The van der Waals surface area contributed by atoms with Gasteiger partial charge in [0, 0.05) is 20.1 Å². The lowest BCUT2D eigenvalue weighted by Crippen LogP contribution is -2.46. The van der Waals surface area contributed by atoms with E-state index in [0.29, 0.717) is 5.70 Å². The van der Waals surface area contributed by atoms with Gasteiger partial charge in [-0.15, -0.1) is 0 Å². The number of cyclic esters (lactones) is 2. The van der Waals surface area contributed by atoms with Crippen LogP contribution >= 0.6 is 0 Å². The Morgan fingerprint density at radius 1 is 1.30 bits per heavy atom. The zero-order valence-corrected chi connectivity index (χ0v) is 12.2. The Kier molecular flexibility index (Phi) is 5.02. The van der Waals surface area contributed by atoms with Crippen molar-refractivity contribution in [3.8, 4) is 0 Å². The van der Waals surface area contributed by atoms with Crippen LogP contribution in [0, 0.1) is 5.92 Å². The standard InChI is InChI=1S/C15H19NO4/c1-6-7-10(2)8-11(3)16-9-12-13(17)19-15(4,5)20-14(12)18/h6-9,12H,3H2,1-2,4-5H3/b7-6-,10-8-,16-9?. The van der Waals surface area contributed by atoms with Crippen LogP contribution in [-0.2, 0) is 19.1 Å².